The van der Waals surface area contributed by atoms with Crippen LogP contribution in [0.1, 0.15) is 0 Å². The number of fused-ring (bicyclic) bond motifs is 1. The molecule has 3 rings (SSSR count). The number of benzene rings is 1. The van der Waals surface area contributed by atoms with E-state index in [-0.39, 0.29) is 10.4 Å². The first-order chi connectivity index (χ1) is 10.0. The van der Waals surface area contributed by atoms with Gasteiger partial charge in [-0.15, -0.1) is 3.97 Å². The zero-order valence-electron chi connectivity index (χ0n) is 10.7. The lowest BCUT2D eigenvalue weighted by Crippen LogP contribution is -2.38. The van der Waals surface area contributed by atoms with Crippen molar-refractivity contribution in [3.8, 4) is 5.75 Å². The predicted octanol–water partition coefficient (Wildman–Crippen LogP) is -0.536. The number of halogens is 1. The summed E-state index contributed by atoms with van der Waals surface area (Å²) in [6, 6.07) is 8.44. The van der Waals surface area contributed by atoms with Crippen molar-refractivity contribution in [1.82, 2.24) is 13.6 Å². The van der Waals surface area contributed by atoms with Crippen LogP contribution in [-0.4, -0.2) is 30.5 Å². The summed E-state index contributed by atoms with van der Waals surface area (Å²) in [7, 11) is -2.29. The molecule has 0 N–H and O–H groups in total. The molecule has 0 spiro atoms. The molecule has 1 aliphatic heterocycles. The van der Waals surface area contributed by atoms with Gasteiger partial charge in [0.25, 0.3) is 0 Å². The summed E-state index contributed by atoms with van der Waals surface area (Å²) in [4.78, 5) is 7.91. The summed E-state index contributed by atoms with van der Waals surface area (Å²) >= 11 is 3.18. The van der Waals surface area contributed by atoms with Gasteiger partial charge in [0.1, 0.15) is 10.6 Å². The fourth-order valence-corrected chi connectivity index (χ4v) is 3.37. The van der Waals surface area contributed by atoms with Crippen LogP contribution in [-0.2, 0) is 10.0 Å². The average molecular weight is 368 g/mol. The number of imidazole rings is 1. The zero-order chi connectivity index (χ0) is 15.0. The molecule has 0 atom stereocenters. The van der Waals surface area contributed by atoms with Crippen LogP contribution in [0.15, 0.2) is 40.5 Å². The van der Waals surface area contributed by atoms with Crippen LogP contribution < -0.4 is 20.2 Å². The van der Waals surface area contributed by atoms with Gasteiger partial charge in [0, 0.05) is 0 Å². The molecular formula is C12H8BrN4O3S+. The molecule has 2 heterocycles. The van der Waals surface area contributed by atoms with Crippen molar-refractivity contribution in [3.05, 3.63) is 41.4 Å². The van der Waals surface area contributed by atoms with E-state index in [1.165, 1.54) is 25.6 Å². The molecule has 0 unspecified atom stereocenters. The Bertz CT molecular complexity index is 1010. The minimum atomic E-state index is -3.80. The van der Waals surface area contributed by atoms with Gasteiger partial charge in [-0.2, -0.15) is 13.1 Å². The highest BCUT2D eigenvalue weighted by Crippen LogP contribution is 2.16. The molecule has 0 aliphatic carbocycles. The molecule has 0 fully saturated rings. The maximum absolute atomic E-state index is 12.6. The van der Waals surface area contributed by atoms with E-state index in [1.54, 1.807) is 12.1 Å². The van der Waals surface area contributed by atoms with Crippen LogP contribution in [0, 0.1) is 0 Å². The smallest absolute Gasteiger partial charge is 0.373 e. The average Bonchev–Trinajstić information content (AvgIpc) is 2.93. The number of hydrogen-bond acceptors (Lipinski definition) is 5. The summed E-state index contributed by atoms with van der Waals surface area (Å²) in [5.74, 6) is 0.572. The SMILES string of the molecule is COc1ccc(S(=O)(=O)n2cnc3c2=[N+]=C=NC=3Br)cc1. The van der Waals surface area contributed by atoms with Gasteiger partial charge < -0.3 is 4.74 Å². The second kappa shape index (κ2) is 4.98. The first-order valence-corrected chi connectivity index (χ1v) is 7.93. The summed E-state index contributed by atoms with van der Waals surface area (Å²) in [5, 5.41) is 0.353. The summed E-state index contributed by atoms with van der Waals surface area (Å²) in [6.07, 6.45) is 1.19. The minimum Gasteiger partial charge on any atom is -0.497 e. The first kappa shape index (κ1) is 13.8. The third kappa shape index (κ3) is 2.22. The third-order valence-electron chi connectivity index (χ3n) is 2.83. The summed E-state index contributed by atoms with van der Waals surface area (Å²) in [6.45, 7) is 0. The topological polar surface area (TPSA) is 87.7 Å². The largest absolute Gasteiger partial charge is 0.497 e. The van der Waals surface area contributed by atoms with Crippen molar-refractivity contribution in [1.29, 1.82) is 0 Å². The van der Waals surface area contributed by atoms with E-state index >= 15 is 0 Å². The number of aliphatic imine (C=N–C) groups is 1. The van der Waals surface area contributed by atoms with E-state index in [1.807, 2.05) is 0 Å². The van der Waals surface area contributed by atoms with Crippen LogP contribution in [0.5, 0.6) is 5.75 Å². The number of nitrogens with zero attached hydrogens (tertiary/aromatic N) is 4. The van der Waals surface area contributed by atoms with Crippen molar-refractivity contribution in [2.45, 2.75) is 4.90 Å². The summed E-state index contributed by atoms with van der Waals surface area (Å²) in [5.41, 5.74) is 0.160. The van der Waals surface area contributed by atoms with Crippen molar-refractivity contribution in [3.63, 3.8) is 0 Å². The Morgan fingerprint density at radius 1 is 1.33 bits per heavy atom. The highest BCUT2D eigenvalue weighted by molar-refractivity contribution is 9.14. The summed E-state index contributed by atoms with van der Waals surface area (Å²) < 4.78 is 35.5. The van der Waals surface area contributed by atoms with Gasteiger partial charge in [-0.1, -0.05) is 0 Å². The molecule has 0 amide bonds. The predicted molar refractivity (Wildman–Crippen MR) is 78.1 cm³/mol. The molecule has 1 aromatic carbocycles. The molecule has 0 radical (unpaired) electrons. The lowest BCUT2D eigenvalue weighted by molar-refractivity contribution is 0.414. The van der Waals surface area contributed by atoms with E-state index in [0.717, 1.165) is 3.97 Å². The molecule has 7 nitrogen and oxygen atoms in total. The Morgan fingerprint density at radius 2 is 2.05 bits per heavy atom. The number of rotatable bonds is 3. The Balaban J connectivity index is 2.24. The van der Waals surface area contributed by atoms with Gasteiger partial charge in [-0.3, -0.25) is 0 Å². The standard InChI is InChI=1S/C12H8BrN4O3S/c1-20-8-2-4-9(5-3-8)21(18,19)17-7-16-10-11(13)14-6-15-12(10)17/h2-5,7H,1H3/q+1. The molecule has 0 bridgehead atoms. The van der Waals surface area contributed by atoms with Crippen molar-refractivity contribution < 1.29 is 13.2 Å². The Labute approximate surface area is 127 Å². The molecule has 1 aromatic heterocycles. The van der Waals surface area contributed by atoms with E-state index in [0.29, 0.717) is 15.7 Å². The molecule has 0 saturated carbocycles. The van der Waals surface area contributed by atoms with Crippen molar-refractivity contribution in [2.75, 3.05) is 7.11 Å². The fraction of sp³-hybridized carbons (Fsp3) is 0.0833. The van der Waals surface area contributed by atoms with E-state index < -0.39 is 10.0 Å². The van der Waals surface area contributed by atoms with E-state index in [2.05, 4.69) is 36.6 Å². The quantitative estimate of drug-likeness (QED) is 0.538. The Morgan fingerprint density at radius 3 is 2.71 bits per heavy atom. The van der Waals surface area contributed by atoms with Gasteiger partial charge in [0.15, 0.2) is 6.33 Å². The van der Waals surface area contributed by atoms with E-state index in [4.69, 9.17) is 4.74 Å². The van der Waals surface area contributed by atoms with Crippen LogP contribution >= 0.6 is 15.9 Å². The first-order valence-electron chi connectivity index (χ1n) is 5.70. The monoisotopic (exact) mass is 367 g/mol. The van der Waals surface area contributed by atoms with Gasteiger partial charge in [-0.25, -0.2) is 4.98 Å². The maximum atomic E-state index is 12.6. The molecule has 9 heteroatoms. The van der Waals surface area contributed by atoms with E-state index in [9.17, 15) is 8.42 Å². The molecule has 21 heavy (non-hydrogen) atoms. The van der Waals surface area contributed by atoms with Crippen molar-refractivity contribution in [2.24, 2.45) is 4.99 Å². The molecule has 106 valence electrons. The zero-order valence-corrected chi connectivity index (χ0v) is 13.1. The molecule has 0 saturated heterocycles. The van der Waals surface area contributed by atoms with Crippen LogP contribution in [0.4, 0.5) is 0 Å². The lowest BCUT2D eigenvalue weighted by atomic mass is 10.3. The minimum absolute atomic E-state index is 0.109. The van der Waals surface area contributed by atoms with Gasteiger partial charge in [-0.05, 0) is 45.2 Å². The van der Waals surface area contributed by atoms with Crippen LogP contribution in [0.3, 0.4) is 0 Å². The van der Waals surface area contributed by atoms with Gasteiger partial charge >= 0.3 is 21.5 Å². The Hall–Kier alpha value is -2.18. The fourth-order valence-electron chi connectivity index (χ4n) is 1.78. The second-order valence-electron chi connectivity index (χ2n) is 4.01. The molecule has 2 aromatic rings. The second-order valence-corrected chi connectivity index (χ2v) is 6.57. The van der Waals surface area contributed by atoms with Crippen LogP contribution in [0.25, 0.3) is 4.61 Å². The van der Waals surface area contributed by atoms with Gasteiger partial charge in [0.05, 0.1) is 7.11 Å². The molecule has 1 aliphatic rings. The maximum Gasteiger partial charge on any atom is 0.373 e. The normalized spacial score (nSPS) is 13.0. The number of hydrogen-bond donors (Lipinski definition) is 0. The lowest BCUT2D eigenvalue weighted by Gasteiger charge is -2.02. The number of ether oxygens (including phenoxy) is 1. The van der Waals surface area contributed by atoms with Gasteiger partial charge in [0.2, 0.25) is 9.96 Å². The van der Waals surface area contributed by atoms with Crippen LogP contribution in [0.2, 0.25) is 0 Å². The highest BCUT2D eigenvalue weighted by atomic mass is 79.9. The highest BCUT2D eigenvalue weighted by Gasteiger charge is 2.26. The van der Waals surface area contributed by atoms with Crippen molar-refractivity contribution >= 4 is 36.6 Å². The number of aromatic nitrogens is 2. The third-order valence-corrected chi connectivity index (χ3v) is 5.03. The number of methoxy groups -OCH3 is 1. The Kier molecular flexibility index (Phi) is 3.27. The molecular weight excluding hydrogens is 360 g/mol.